The Balaban J connectivity index is 2.02. The molecule has 0 aliphatic heterocycles. The van der Waals surface area contributed by atoms with Gasteiger partial charge in [0.2, 0.25) is 0 Å². The van der Waals surface area contributed by atoms with Gasteiger partial charge in [-0.2, -0.15) is 0 Å². The van der Waals surface area contributed by atoms with E-state index in [1.54, 1.807) is 0 Å². The molecule has 1 aliphatic rings. The third kappa shape index (κ3) is 4.10. The molecule has 0 bridgehead atoms. The van der Waals surface area contributed by atoms with E-state index < -0.39 is 0 Å². The zero-order chi connectivity index (χ0) is 9.52. The van der Waals surface area contributed by atoms with Crippen molar-refractivity contribution in [3.63, 3.8) is 0 Å². The van der Waals surface area contributed by atoms with Crippen molar-refractivity contribution in [3.05, 3.63) is 0 Å². The summed E-state index contributed by atoms with van der Waals surface area (Å²) < 4.78 is 0. The van der Waals surface area contributed by atoms with Gasteiger partial charge in [0.15, 0.2) is 0 Å². The van der Waals surface area contributed by atoms with Crippen molar-refractivity contribution in [2.45, 2.75) is 31.7 Å². The van der Waals surface area contributed by atoms with Crippen molar-refractivity contribution < 1.29 is 9.63 Å². The Morgan fingerprint density at radius 2 is 2.15 bits per heavy atom. The van der Waals surface area contributed by atoms with Gasteiger partial charge in [-0.15, -0.1) is 0 Å². The molecule has 0 aromatic rings. The van der Waals surface area contributed by atoms with Crippen molar-refractivity contribution >= 4 is 6.03 Å². The van der Waals surface area contributed by atoms with Gasteiger partial charge >= 0.3 is 6.03 Å². The minimum Gasteiger partial charge on any atom is -0.336 e. The van der Waals surface area contributed by atoms with E-state index in [0.29, 0.717) is 19.2 Å². The lowest BCUT2D eigenvalue weighted by molar-refractivity contribution is 0.140. The third-order valence-electron chi connectivity index (χ3n) is 2.20. The van der Waals surface area contributed by atoms with Crippen LogP contribution in [0.3, 0.4) is 0 Å². The van der Waals surface area contributed by atoms with Crippen LogP contribution >= 0.6 is 0 Å². The van der Waals surface area contributed by atoms with Crippen LogP contribution in [0.4, 0.5) is 4.79 Å². The molecule has 0 unspecified atom stereocenters. The number of carbonyl (C=O) groups excluding carboxylic acids is 1. The average molecular weight is 187 g/mol. The number of hydrogen-bond donors (Lipinski definition) is 3. The minimum atomic E-state index is -0.121. The molecule has 5 nitrogen and oxygen atoms in total. The first-order chi connectivity index (χ1) is 6.33. The highest BCUT2D eigenvalue weighted by Crippen LogP contribution is 2.17. The van der Waals surface area contributed by atoms with E-state index in [9.17, 15) is 4.79 Å². The number of amides is 2. The molecule has 2 amide bonds. The average Bonchev–Trinajstić information content (AvgIpc) is 2.57. The lowest BCUT2D eigenvalue weighted by Crippen LogP contribution is -2.42. The SMILES string of the molecule is NOCCNC(=O)NC1CCCC1. The maximum Gasteiger partial charge on any atom is 0.315 e. The summed E-state index contributed by atoms with van der Waals surface area (Å²) in [5, 5.41) is 5.55. The molecular weight excluding hydrogens is 170 g/mol. The summed E-state index contributed by atoms with van der Waals surface area (Å²) in [5.41, 5.74) is 0. The minimum absolute atomic E-state index is 0.121. The molecule has 0 saturated heterocycles. The summed E-state index contributed by atoms with van der Waals surface area (Å²) in [6.45, 7) is 0.799. The van der Waals surface area contributed by atoms with E-state index in [0.717, 1.165) is 12.8 Å². The van der Waals surface area contributed by atoms with Crippen LogP contribution in [0.2, 0.25) is 0 Å². The van der Waals surface area contributed by atoms with Crippen LogP contribution in [-0.4, -0.2) is 25.2 Å². The van der Waals surface area contributed by atoms with Gasteiger partial charge in [0, 0.05) is 12.6 Å². The largest absolute Gasteiger partial charge is 0.336 e. The zero-order valence-electron chi connectivity index (χ0n) is 7.71. The fourth-order valence-corrected chi connectivity index (χ4v) is 1.53. The van der Waals surface area contributed by atoms with Crippen molar-refractivity contribution in [1.29, 1.82) is 0 Å². The fraction of sp³-hybridized carbons (Fsp3) is 0.875. The van der Waals surface area contributed by atoms with Crippen LogP contribution in [0, 0.1) is 0 Å². The highest BCUT2D eigenvalue weighted by molar-refractivity contribution is 5.74. The predicted octanol–water partition coefficient (Wildman–Crippen LogP) is 0.118. The van der Waals surface area contributed by atoms with Gasteiger partial charge in [0.1, 0.15) is 0 Å². The number of nitrogens with two attached hydrogens (primary N) is 1. The van der Waals surface area contributed by atoms with E-state index in [4.69, 9.17) is 5.90 Å². The fourth-order valence-electron chi connectivity index (χ4n) is 1.53. The highest BCUT2D eigenvalue weighted by Gasteiger charge is 2.16. The van der Waals surface area contributed by atoms with Gasteiger partial charge in [0.05, 0.1) is 6.61 Å². The molecule has 1 aliphatic carbocycles. The molecular formula is C8H17N3O2. The van der Waals surface area contributed by atoms with Crippen LogP contribution in [0.25, 0.3) is 0 Å². The summed E-state index contributed by atoms with van der Waals surface area (Å²) in [5.74, 6) is 4.81. The lowest BCUT2D eigenvalue weighted by atomic mass is 10.3. The van der Waals surface area contributed by atoms with Gasteiger partial charge in [-0.25, -0.2) is 10.7 Å². The van der Waals surface area contributed by atoms with Gasteiger partial charge < -0.3 is 15.5 Å². The first-order valence-electron chi connectivity index (χ1n) is 4.69. The van der Waals surface area contributed by atoms with Crippen LogP contribution in [0.1, 0.15) is 25.7 Å². The topological polar surface area (TPSA) is 76.4 Å². The Kier molecular flexibility index (Phi) is 4.56. The Bertz CT molecular complexity index is 157. The van der Waals surface area contributed by atoms with Crippen LogP contribution in [0.15, 0.2) is 0 Å². The van der Waals surface area contributed by atoms with Crippen molar-refractivity contribution in [3.8, 4) is 0 Å². The van der Waals surface area contributed by atoms with Crippen LogP contribution in [-0.2, 0) is 4.84 Å². The second-order valence-corrected chi connectivity index (χ2v) is 3.25. The van der Waals surface area contributed by atoms with E-state index in [1.807, 2.05) is 0 Å². The van der Waals surface area contributed by atoms with Crippen LogP contribution in [0.5, 0.6) is 0 Å². The van der Waals surface area contributed by atoms with Crippen LogP contribution < -0.4 is 16.5 Å². The predicted molar refractivity (Wildman–Crippen MR) is 48.9 cm³/mol. The third-order valence-corrected chi connectivity index (χ3v) is 2.20. The van der Waals surface area contributed by atoms with E-state index in [-0.39, 0.29) is 6.03 Å². The quantitative estimate of drug-likeness (QED) is 0.432. The van der Waals surface area contributed by atoms with Crippen molar-refractivity contribution in [2.24, 2.45) is 5.90 Å². The van der Waals surface area contributed by atoms with Gasteiger partial charge in [-0.3, -0.25) is 0 Å². The lowest BCUT2D eigenvalue weighted by Gasteiger charge is -2.12. The van der Waals surface area contributed by atoms with Crippen molar-refractivity contribution in [2.75, 3.05) is 13.2 Å². The Morgan fingerprint density at radius 3 is 2.77 bits per heavy atom. The second kappa shape index (κ2) is 5.77. The van der Waals surface area contributed by atoms with E-state index in [1.165, 1.54) is 12.8 Å². The Morgan fingerprint density at radius 1 is 1.46 bits per heavy atom. The van der Waals surface area contributed by atoms with Gasteiger partial charge in [-0.1, -0.05) is 12.8 Å². The van der Waals surface area contributed by atoms with Gasteiger partial charge in [-0.05, 0) is 12.8 Å². The molecule has 1 rings (SSSR count). The number of urea groups is 1. The van der Waals surface area contributed by atoms with Gasteiger partial charge in [0.25, 0.3) is 0 Å². The summed E-state index contributed by atoms with van der Waals surface area (Å²) in [7, 11) is 0. The Hall–Kier alpha value is -0.810. The monoisotopic (exact) mass is 187 g/mol. The first kappa shape index (κ1) is 10.3. The molecule has 0 spiro atoms. The molecule has 0 heterocycles. The molecule has 1 saturated carbocycles. The normalized spacial score (nSPS) is 17.3. The molecule has 0 aromatic carbocycles. The smallest absolute Gasteiger partial charge is 0.315 e. The molecule has 0 atom stereocenters. The number of hydrogen-bond acceptors (Lipinski definition) is 3. The summed E-state index contributed by atoms with van der Waals surface area (Å²) in [4.78, 5) is 15.5. The molecule has 13 heavy (non-hydrogen) atoms. The number of rotatable bonds is 4. The summed E-state index contributed by atoms with van der Waals surface area (Å²) in [6.07, 6.45) is 4.63. The molecule has 1 fully saturated rings. The second-order valence-electron chi connectivity index (χ2n) is 3.25. The summed E-state index contributed by atoms with van der Waals surface area (Å²) in [6, 6.07) is 0.239. The number of carbonyl (C=O) groups is 1. The Labute approximate surface area is 78.0 Å². The summed E-state index contributed by atoms with van der Waals surface area (Å²) >= 11 is 0. The maximum absolute atomic E-state index is 11.2. The molecule has 0 aromatic heterocycles. The molecule has 4 N–H and O–H groups in total. The number of nitrogens with one attached hydrogen (secondary N) is 2. The highest BCUT2D eigenvalue weighted by atomic mass is 16.6. The van der Waals surface area contributed by atoms with E-state index >= 15 is 0 Å². The molecule has 0 radical (unpaired) electrons. The zero-order valence-corrected chi connectivity index (χ0v) is 7.71. The molecule has 76 valence electrons. The van der Waals surface area contributed by atoms with Crippen molar-refractivity contribution in [1.82, 2.24) is 10.6 Å². The standard InChI is InChI=1S/C8H17N3O2/c9-13-6-5-10-8(12)11-7-3-1-2-4-7/h7H,1-6,9H2,(H2,10,11,12). The molecule has 5 heteroatoms. The first-order valence-corrected chi connectivity index (χ1v) is 4.69. The van der Waals surface area contributed by atoms with E-state index in [2.05, 4.69) is 15.5 Å². The maximum atomic E-state index is 11.2.